The summed E-state index contributed by atoms with van der Waals surface area (Å²) in [4.78, 5) is 0. The predicted molar refractivity (Wildman–Crippen MR) is 116 cm³/mol. The molecule has 0 spiro atoms. The van der Waals surface area contributed by atoms with E-state index in [1.165, 1.54) is 6.92 Å². The van der Waals surface area contributed by atoms with E-state index in [4.69, 9.17) is 44.1 Å². The Balaban J connectivity index is 1.82. The van der Waals surface area contributed by atoms with Crippen molar-refractivity contribution < 1.29 is 49.6 Å². The molecule has 1 saturated carbocycles. The summed E-state index contributed by atoms with van der Waals surface area (Å²) >= 11 is 0. The average molecular weight is 492 g/mol. The monoisotopic (exact) mass is 492 g/mol. The number of aliphatic hydroxyl groups excluding tert-OH is 6. The minimum atomic E-state index is -1.48. The number of nitrogens with one attached hydrogen (secondary N) is 1. The van der Waals surface area contributed by atoms with E-state index < -0.39 is 97.8 Å². The lowest BCUT2D eigenvalue weighted by molar-refractivity contribution is -0.315. The normalized spacial score (nSPS) is 51.9. The van der Waals surface area contributed by atoms with Gasteiger partial charge in [0.05, 0.1) is 18.2 Å². The van der Waals surface area contributed by atoms with Gasteiger partial charge in [-0.15, -0.1) is 0 Å². The van der Waals surface area contributed by atoms with Crippen LogP contribution in [-0.4, -0.2) is 136 Å². The van der Waals surface area contributed by atoms with Gasteiger partial charge in [-0.3, -0.25) is 0 Å². The molecule has 0 amide bonds. The molecule has 34 heavy (non-hydrogen) atoms. The van der Waals surface area contributed by atoms with Gasteiger partial charge in [0, 0.05) is 18.1 Å². The van der Waals surface area contributed by atoms with Gasteiger partial charge < -0.3 is 72.0 Å². The van der Waals surface area contributed by atoms with Crippen molar-refractivity contribution in [2.75, 3.05) is 0 Å². The van der Waals surface area contributed by atoms with Crippen molar-refractivity contribution in [3.05, 3.63) is 0 Å². The number of rotatable bonds is 7. The third-order valence-corrected chi connectivity index (χ3v) is 6.75. The minimum absolute atomic E-state index is 0.147. The second-order valence-corrected chi connectivity index (χ2v) is 9.44. The third-order valence-electron chi connectivity index (χ3n) is 6.75. The molecular formula is C19H37BN4O10. The van der Waals surface area contributed by atoms with Gasteiger partial charge in [0.25, 0.3) is 0 Å². The number of hydrogen-bond acceptors (Lipinski definition) is 14. The van der Waals surface area contributed by atoms with E-state index in [2.05, 4.69) is 5.23 Å². The molecule has 3 rings (SSSR count). The maximum Gasteiger partial charge on any atom is 0.187 e. The Morgan fingerprint density at radius 1 is 0.853 bits per heavy atom. The van der Waals surface area contributed by atoms with E-state index in [9.17, 15) is 30.6 Å². The van der Waals surface area contributed by atoms with E-state index in [0.717, 1.165) is 0 Å². The zero-order chi connectivity index (χ0) is 25.5. The van der Waals surface area contributed by atoms with Gasteiger partial charge in [0.2, 0.25) is 0 Å². The van der Waals surface area contributed by atoms with Crippen LogP contribution < -0.4 is 22.4 Å². The van der Waals surface area contributed by atoms with Gasteiger partial charge >= 0.3 is 0 Å². The smallest absolute Gasteiger partial charge is 0.187 e. The second kappa shape index (κ2) is 11.3. The Labute approximate surface area is 198 Å². The number of nitrogens with two attached hydrogens (primary N) is 3. The highest BCUT2D eigenvalue weighted by Crippen LogP contribution is 2.33. The van der Waals surface area contributed by atoms with Crippen LogP contribution in [0, 0.1) is 0 Å². The van der Waals surface area contributed by atoms with Crippen LogP contribution in [0.15, 0.2) is 0 Å². The fourth-order valence-electron chi connectivity index (χ4n) is 4.70. The fraction of sp³-hybridized carbons (Fsp3) is 1.00. The highest BCUT2D eigenvalue weighted by Gasteiger charge is 2.53. The van der Waals surface area contributed by atoms with Crippen LogP contribution in [0.3, 0.4) is 0 Å². The summed E-state index contributed by atoms with van der Waals surface area (Å²) < 4.78 is 23.0. The molecule has 13 N–H and O–H groups in total. The first-order valence-corrected chi connectivity index (χ1v) is 11.3. The number of ether oxygens (including phenoxy) is 4. The molecule has 0 bridgehead atoms. The highest BCUT2D eigenvalue weighted by atomic mass is 16.7. The summed E-state index contributed by atoms with van der Waals surface area (Å²) in [6, 6.07) is -3.36. The van der Waals surface area contributed by atoms with Crippen molar-refractivity contribution >= 4 is 7.98 Å². The third kappa shape index (κ3) is 5.43. The Morgan fingerprint density at radius 3 is 1.94 bits per heavy atom. The molecule has 3 fully saturated rings. The Morgan fingerprint density at radius 2 is 1.41 bits per heavy atom. The molecule has 15 heteroatoms. The van der Waals surface area contributed by atoms with Gasteiger partial charge in [-0.1, -0.05) is 0 Å². The maximum atomic E-state index is 10.9. The van der Waals surface area contributed by atoms with Gasteiger partial charge in [-0.05, 0) is 20.3 Å². The van der Waals surface area contributed by atoms with Gasteiger partial charge in [0.15, 0.2) is 20.6 Å². The van der Waals surface area contributed by atoms with Crippen LogP contribution in [0.1, 0.15) is 20.3 Å². The van der Waals surface area contributed by atoms with E-state index in [1.54, 1.807) is 6.92 Å². The molecule has 2 aliphatic heterocycles. The first-order chi connectivity index (χ1) is 15.9. The zero-order valence-electron chi connectivity index (χ0n) is 19.1. The lowest BCUT2D eigenvalue weighted by atomic mass is 9.83. The molecule has 16 atom stereocenters. The van der Waals surface area contributed by atoms with Crippen molar-refractivity contribution in [3.63, 3.8) is 0 Å². The van der Waals surface area contributed by atoms with Crippen molar-refractivity contribution in [2.24, 2.45) is 17.2 Å². The minimum Gasteiger partial charge on any atom is -0.391 e. The molecule has 1 aliphatic carbocycles. The molecule has 3 aliphatic rings. The van der Waals surface area contributed by atoms with E-state index >= 15 is 0 Å². The molecular weight excluding hydrogens is 455 g/mol. The van der Waals surface area contributed by atoms with Crippen LogP contribution in [0.25, 0.3) is 0 Å². The molecule has 0 aromatic heterocycles. The van der Waals surface area contributed by atoms with Gasteiger partial charge in [0.1, 0.15) is 48.8 Å². The molecule has 2 heterocycles. The first kappa shape index (κ1) is 28.1. The van der Waals surface area contributed by atoms with Gasteiger partial charge in [-0.25, -0.2) is 0 Å². The maximum absolute atomic E-state index is 10.9. The molecule has 14 unspecified atom stereocenters. The second-order valence-electron chi connectivity index (χ2n) is 9.44. The zero-order valence-corrected chi connectivity index (χ0v) is 19.1. The SMILES string of the molecule is [B]NC1CC(N)C(OC2OC([C@@H](C)O)C(O)C(O)C2N)C(OC2OC([C@H](C)N)C(O)C2O)C1O. The van der Waals surface area contributed by atoms with Crippen LogP contribution in [-0.2, 0) is 18.9 Å². The average Bonchev–Trinajstić information content (AvgIpc) is 3.06. The fourth-order valence-corrected chi connectivity index (χ4v) is 4.70. The molecule has 196 valence electrons. The Kier molecular flexibility index (Phi) is 9.31. The van der Waals surface area contributed by atoms with Crippen molar-refractivity contribution in [1.82, 2.24) is 5.23 Å². The summed E-state index contributed by atoms with van der Waals surface area (Å²) in [7, 11) is 5.54. The summed E-state index contributed by atoms with van der Waals surface area (Å²) in [6.07, 6.45) is -15.3. The Bertz CT molecular complexity index is 669. The molecule has 14 nitrogen and oxygen atoms in total. The van der Waals surface area contributed by atoms with Crippen molar-refractivity contribution in [3.8, 4) is 0 Å². The van der Waals surface area contributed by atoms with E-state index in [0.29, 0.717) is 0 Å². The van der Waals surface area contributed by atoms with Gasteiger partial charge in [-0.2, -0.15) is 0 Å². The molecule has 0 aromatic rings. The predicted octanol–water partition coefficient (Wildman–Crippen LogP) is -6.16. The highest BCUT2D eigenvalue weighted by molar-refractivity contribution is 6.04. The van der Waals surface area contributed by atoms with E-state index in [1.807, 2.05) is 0 Å². The summed E-state index contributed by atoms with van der Waals surface area (Å²) in [6.45, 7) is 2.96. The van der Waals surface area contributed by atoms with Crippen LogP contribution in [0.2, 0.25) is 0 Å². The summed E-state index contributed by atoms with van der Waals surface area (Å²) in [5, 5.41) is 64.4. The van der Waals surface area contributed by atoms with Crippen LogP contribution in [0.5, 0.6) is 0 Å². The quantitative estimate of drug-likeness (QED) is 0.149. The largest absolute Gasteiger partial charge is 0.391 e. The molecule has 2 saturated heterocycles. The van der Waals surface area contributed by atoms with Crippen molar-refractivity contribution in [1.29, 1.82) is 0 Å². The van der Waals surface area contributed by atoms with Crippen LogP contribution in [0.4, 0.5) is 0 Å². The first-order valence-electron chi connectivity index (χ1n) is 11.3. The molecule has 2 radical (unpaired) electrons. The summed E-state index contributed by atoms with van der Waals surface area (Å²) in [5.41, 5.74) is 18.1. The van der Waals surface area contributed by atoms with Crippen LogP contribution >= 0.6 is 0 Å². The lowest BCUT2D eigenvalue weighted by Crippen LogP contribution is -2.68. The topological polar surface area (TPSA) is 248 Å². The Hall–Kier alpha value is -0.495. The molecule has 0 aromatic carbocycles. The van der Waals surface area contributed by atoms with E-state index in [-0.39, 0.29) is 6.42 Å². The number of aliphatic hydroxyl groups is 6. The number of hydrogen-bond donors (Lipinski definition) is 10. The van der Waals surface area contributed by atoms with Crippen molar-refractivity contribution in [2.45, 2.75) is 118 Å². The lowest BCUT2D eigenvalue weighted by Gasteiger charge is -2.48. The standard InChI is InChI=1S/C19H37BN4O10/c1-4(21)14-12(29)13(30)19(31-14)34-17-9(26)7(24-20)3-6(22)16(17)33-18-8(23)10(27)11(28)15(32-18)5(2)25/h4-19,24-30H,3,21-23H2,1-2H3/t4-,5+,6?,7?,8?,9?,10?,11?,12?,13?,14?,15?,16?,17?,18?,19?/m0/s1. The summed E-state index contributed by atoms with van der Waals surface area (Å²) in [5.74, 6) is 0.